The summed E-state index contributed by atoms with van der Waals surface area (Å²) >= 11 is 1.46. The third kappa shape index (κ3) is 4.71. The molecule has 0 heterocycles. The van der Waals surface area contributed by atoms with E-state index in [9.17, 15) is 25.3 Å². The third-order valence-electron chi connectivity index (χ3n) is 3.68. The van der Waals surface area contributed by atoms with E-state index in [1.807, 2.05) is 12.1 Å². The molecule has 0 fully saturated rings. The zero-order chi connectivity index (χ0) is 20.1. The maximum absolute atomic E-state index is 10.9. The zero-order valence-corrected chi connectivity index (χ0v) is 15.1. The lowest BCUT2D eigenvalue weighted by Gasteiger charge is -2.02. The number of hydrogen-bond acceptors (Lipinski definition) is 7. The Balaban J connectivity index is 1.69. The van der Waals surface area contributed by atoms with Crippen molar-refractivity contribution >= 4 is 35.0 Å². The number of benzene rings is 3. The van der Waals surface area contributed by atoms with Gasteiger partial charge in [0.15, 0.2) is 5.75 Å². The Morgan fingerprint density at radius 1 is 0.857 bits per heavy atom. The molecule has 0 radical (unpaired) electrons. The van der Waals surface area contributed by atoms with Crippen molar-refractivity contribution in [1.82, 2.24) is 0 Å². The summed E-state index contributed by atoms with van der Waals surface area (Å²) in [6.45, 7) is 0. The van der Waals surface area contributed by atoms with Crippen LogP contribution in [0.1, 0.15) is 5.56 Å². The van der Waals surface area contributed by atoms with Gasteiger partial charge in [0.25, 0.3) is 5.69 Å². The molecule has 8 nitrogen and oxygen atoms in total. The van der Waals surface area contributed by atoms with Crippen LogP contribution in [0, 0.1) is 20.2 Å². The van der Waals surface area contributed by atoms with Crippen molar-refractivity contribution in [3.05, 3.63) is 92.5 Å². The second-order valence-corrected chi connectivity index (χ2v) is 6.76. The van der Waals surface area contributed by atoms with Crippen LogP contribution in [0.5, 0.6) is 5.75 Å². The predicted molar refractivity (Wildman–Crippen MR) is 106 cm³/mol. The predicted octanol–water partition coefficient (Wildman–Crippen LogP) is 5.11. The van der Waals surface area contributed by atoms with Gasteiger partial charge in [-0.2, -0.15) is 0 Å². The molecule has 0 aliphatic carbocycles. The summed E-state index contributed by atoms with van der Waals surface area (Å²) in [7, 11) is 0. The van der Waals surface area contributed by atoms with E-state index in [0.29, 0.717) is 11.3 Å². The number of phenolic OH excluding ortho intramolecular Hbond substituents is 1. The van der Waals surface area contributed by atoms with E-state index >= 15 is 0 Å². The number of hydrogen-bond donors (Lipinski definition) is 1. The molecule has 0 aliphatic rings. The number of non-ortho nitro benzene ring substituents is 1. The molecule has 28 heavy (non-hydrogen) atoms. The van der Waals surface area contributed by atoms with Gasteiger partial charge in [-0.25, -0.2) is 0 Å². The highest BCUT2D eigenvalue weighted by Crippen LogP contribution is 2.30. The Morgan fingerprint density at radius 2 is 1.46 bits per heavy atom. The minimum absolute atomic E-state index is 0.0449. The molecule has 9 heteroatoms. The van der Waals surface area contributed by atoms with E-state index < -0.39 is 15.6 Å². The van der Waals surface area contributed by atoms with E-state index in [0.717, 1.165) is 9.79 Å². The number of aromatic hydroxyl groups is 1. The van der Waals surface area contributed by atoms with Crippen molar-refractivity contribution in [3.63, 3.8) is 0 Å². The van der Waals surface area contributed by atoms with Crippen LogP contribution < -0.4 is 0 Å². The highest BCUT2D eigenvalue weighted by atomic mass is 32.2. The van der Waals surface area contributed by atoms with Crippen molar-refractivity contribution in [2.45, 2.75) is 9.79 Å². The fraction of sp³-hybridized carbons (Fsp3) is 0. The zero-order valence-electron chi connectivity index (χ0n) is 14.3. The van der Waals surface area contributed by atoms with Crippen LogP contribution >= 0.6 is 11.8 Å². The minimum atomic E-state index is -0.656. The van der Waals surface area contributed by atoms with E-state index in [4.69, 9.17) is 0 Å². The number of nitro groups is 2. The first-order chi connectivity index (χ1) is 13.4. The monoisotopic (exact) mass is 395 g/mol. The Kier molecular flexibility index (Phi) is 5.66. The molecule has 0 bridgehead atoms. The van der Waals surface area contributed by atoms with Gasteiger partial charge < -0.3 is 5.11 Å². The van der Waals surface area contributed by atoms with Gasteiger partial charge in [-0.15, -0.1) is 0 Å². The first-order valence-corrected chi connectivity index (χ1v) is 8.78. The van der Waals surface area contributed by atoms with Gasteiger partial charge in [0.1, 0.15) is 0 Å². The van der Waals surface area contributed by atoms with Crippen molar-refractivity contribution in [2.75, 3.05) is 0 Å². The van der Waals surface area contributed by atoms with Crippen LogP contribution in [-0.2, 0) is 0 Å². The van der Waals surface area contributed by atoms with Gasteiger partial charge in [-0.3, -0.25) is 25.2 Å². The second kappa shape index (κ2) is 8.31. The highest BCUT2D eigenvalue weighted by Gasteiger charge is 2.12. The molecule has 0 aromatic heterocycles. The van der Waals surface area contributed by atoms with Gasteiger partial charge in [0.05, 0.1) is 15.5 Å². The third-order valence-corrected chi connectivity index (χ3v) is 4.69. The highest BCUT2D eigenvalue weighted by molar-refractivity contribution is 7.99. The summed E-state index contributed by atoms with van der Waals surface area (Å²) < 4.78 is 0. The molecule has 0 spiro atoms. The van der Waals surface area contributed by atoms with Gasteiger partial charge in [-0.1, -0.05) is 11.8 Å². The maximum atomic E-state index is 10.9. The average Bonchev–Trinajstić information content (AvgIpc) is 2.68. The lowest BCUT2D eigenvalue weighted by atomic mass is 10.2. The topological polar surface area (TPSA) is 119 Å². The largest absolute Gasteiger partial charge is 0.502 e. The number of nitro benzene ring substituents is 2. The van der Waals surface area contributed by atoms with E-state index in [1.54, 1.807) is 24.3 Å². The molecular weight excluding hydrogens is 382 g/mol. The van der Waals surface area contributed by atoms with Gasteiger partial charge in [0, 0.05) is 34.2 Å². The minimum Gasteiger partial charge on any atom is -0.502 e. The van der Waals surface area contributed by atoms with Gasteiger partial charge in [-0.05, 0) is 54.1 Å². The maximum Gasteiger partial charge on any atom is 0.311 e. The summed E-state index contributed by atoms with van der Waals surface area (Å²) in [6, 6.07) is 17.6. The average molecular weight is 395 g/mol. The molecule has 140 valence electrons. The summed E-state index contributed by atoms with van der Waals surface area (Å²) in [4.78, 5) is 26.5. The molecule has 0 unspecified atom stereocenters. The van der Waals surface area contributed by atoms with Crippen LogP contribution in [0.15, 0.2) is 81.5 Å². The van der Waals surface area contributed by atoms with E-state index in [1.165, 1.54) is 48.3 Å². The van der Waals surface area contributed by atoms with Gasteiger partial charge >= 0.3 is 5.69 Å². The van der Waals surface area contributed by atoms with Crippen LogP contribution in [0.25, 0.3) is 0 Å². The van der Waals surface area contributed by atoms with Crippen molar-refractivity contribution in [2.24, 2.45) is 4.99 Å². The molecule has 0 amide bonds. The second-order valence-electron chi connectivity index (χ2n) is 5.61. The molecule has 1 N–H and O–H groups in total. The summed E-state index contributed by atoms with van der Waals surface area (Å²) in [6.07, 6.45) is 1.48. The number of nitrogens with zero attached hydrogens (tertiary/aromatic N) is 3. The number of rotatable bonds is 6. The number of aliphatic imine (C=N–C) groups is 1. The quantitative estimate of drug-likeness (QED) is 0.352. The number of phenols is 1. The summed E-state index contributed by atoms with van der Waals surface area (Å²) in [5.74, 6) is -0.394. The Bertz CT molecular complexity index is 1050. The van der Waals surface area contributed by atoms with Crippen molar-refractivity contribution < 1.29 is 15.0 Å². The molecule has 0 atom stereocenters. The van der Waals surface area contributed by atoms with Crippen LogP contribution in [0.2, 0.25) is 0 Å². The molecule has 3 rings (SSSR count). The Labute approximate surface area is 163 Å². The van der Waals surface area contributed by atoms with E-state index in [2.05, 4.69) is 4.99 Å². The molecule has 3 aromatic rings. The molecular formula is C19H13N3O5S. The molecule has 0 saturated heterocycles. The van der Waals surface area contributed by atoms with Gasteiger partial charge in [0.2, 0.25) is 0 Å². The van der Waals surface area contributed by atoms with Crippen LogP contribution in [0.3, 0.4) is 0 Å². The fourth-order valence-electron chi connectivity index (χ4n) is 2.29. The van der Waals surface area contributed by atoms with E-state index in [-0.39, 0.29) is 11.4 Å². The Hall–Kier alpha value is -3.72. The Morgan fingerprint density at radius 3 is 2.04 bits per heavy atom. The standard InChI is InChI=1S/C19H13N3O5S/c23-19-10-1-13(11-18(19)22(26)27)12-20-14-2-6-16(7-3-14)28-17-8-4-15(5-9-17)21(24)25/h1-12,23H. The fourth-order valence-corrected chi connectivity index (χ4v) is 3.10. The molecule has 0 saturated carbocycles. The summed E-state index contributed by atoms with van der Waals surface area (Å²) in [5.41, 5.74) is 0.819. The van der Waals surface area contributed by atoms with Crippen molar-refractivity contribution in [1.29, 1.82) is 0 Å². The molecule has 0 aliphatic heterocycles. The normalized spacial score (nSPS) is 10.9. The summed E-state index contributed by atoms with van der Waals surface area (Å²) in [5, 5.41) is 31.0. The smallest absolute Gasteiger partial charge is 0.311 e. The lowest BCUT2D eigenvalue weighted by Crippen LogP contribution is -1.90. The van der Waals surface area contributed by atoms with Crippen molar-refractivity contribution in [3.8, 4) is 5.75 Å². The first-order valence-electron chi connectivity index (χ1n) is 7.96. The molecule has 3 aromatic carbocycles. The lowest BCUT2D eigenvalue weighted by molar-refractivity contribution is -0.385. The SMILES string of the molecule is O=[N+]([O-])c1ccc(Sc2ccc(N=Cc3ccc(O)c([N+](=O)[O-])c3)cc2)cc1. The first kappa shape index (κ1) is 19.1. The van der Waals surface area contributed by atoms with Crippen LogP contribution in [-0.4, -0.2) is 21.2 Å². The van der Waals surface area contributed by atoms with Crippen LogP contribution in [0.4, 0.5) is 17.1 Å².